The van der Waals surface area contributed by atoms with E-state index < -0.39 is 5.97 Å². The molecule has 0 aromatic rings. The molecular weight excluding hydrogens is 320 g/mol. The Morgan fingerprint density at radius 2 is 1.81 bits per heavy atom. The zero-order valence-electron chi connectivity index (χ0n) is 17.0. The molecule has 4 rings (SSSR count). The summed E-state index contributed by atoms with van der Waals surface area (Å²) in [5.41, 5.74) is 0.979. The van der Waals surface area contributed by atoms with Crippen molar-refractivity contribution >= 4 is 5.97 Å². The number of allylic oxidation sites excluding steroid dienone is 2. The van der Waals surface area contributed by atoms with Gasteiger partial charge in [0, 0.05) is 6.42 Å². The maximum atomic E-state index is 11.0. The Balaban J connectivity index is 1.55. The number of fused-ring (bicyclic) bond motifs is 5. The smallest absolute Gasteiger partial charge is 0.303 e. The molecule has 0 heterocycles. The molecule has 0 aromatic carbocycles. The van der Waals surface area contributed by atoms with Crippen molar-refractivity contribution < 1.29 is 9.90 Å². The molecule has 3 fully saturated rings. The first-order chi connectivity index (χ1) is 12.4. The molecule has 0 bridgehead atoms. The number of carboxylic acid groups (broad SMARTS) is 1. The Hall–Kier alpha value is -0.790. The molecule has 0 saturated heterocycles. The lowest BCUT2D eigenvalue weighted by Gasteiger charge is -2.58. The predicted octanol–water partition coefficient (Wildman–Crippen LogP) is 6.31. The predicted molar refractivity (Wildman–Crippen MR) is 106 cm³/mol. The van der Waals surface area contributed by atoms with Gasteiger partial charge in [-0.3, -0.25) is 4.79 Å². The molecular formula is C24H38O2. The van der Waals surface area contributed by atoms with Crippen LogP contribution in [0, 0.1) is 46.3 Å². The topological polar surface area (TPSA) is 37.3 Å². The van der Waals surface area contributed by atoms with Gasteiger partial charge >= 0.3 is 5.97 Å². The van der Waals surface area contributed by atoms with Crippen LogP contribution in [0.4, 0.5) is 0 Å². The summed E-state index contributed by atoms with van der Waals surface area (Å²) in [5.74, 6) is 3.96. The van der Waals surface area contributed by atoms with Gasteiger partial charge in [0.25, 0.3) is 0 Å². The zero-order chi connectivity index (χ0) is 18.5. The van der Waals surface area contributed by atoms with Crippen LogP contribution in [-0.2, 0) is 4.79 Å². The molecule has 146 valence electrons. The van der Waals surface area contributed by atoms with Gasteiger partial charge in [-0.25, -0.2) is 0 Å². The maximum absolute atomic E-state index is 11.0. The van der Waals surface area contributed by atoms with Gasteiger partial charge in [-0.05, 0) is 91.3 Å². The Morgan fingerprint density at radius 3 is 2.58 bits per heavy atom. The van der Waals surface area contributed by atoms with Gasteiger partial charge in [-0.2, -0.15) is 0 Å². The van der Waals surface area contributed by atoms with Crippen LogP contribution in [0.2, 0.25) is 0 Å². The minimum Gasteiger partial charge on any atom is -0.481 e. The van der Waals surface area contributed by atoms with Gasteiger partial charge in [0.1, 0.15) is 0 Å². The third kappa shape index (κ3) is 2.78. The Kier molecular flexibility index (Phi) is 4.77. The van der Waals surface area contributed by atoms with E-state index in [4.69, 9.17) is 5.11 Å². The molecule has 2 nitrogen and oxygen atoms in total. The number of rotatable bonds is 4. The Bertz CT molecular complexity index is 581. The molecule has 8 atom stereocenters. The highest BCUT2D eigenvalue weighted by Crippen LogP contribution is 2.66. The quantitative estimate of drug-likeness (QED) is 0.598. The molecule has 4 aliphatic carbocycles. The Labute approximate surface area is 159 Å². The van der Waals surface area contributed by atoms with Crippen molar-refractivity contribution in [2.24, 2.45) is 46.3 Å². The molecule has 0 aromatic heterocycles. The highest BCUT2D eigenvalue weighted by Gasteiger charge is 2.58. The fourth-order valence-electron chi connectivity index (χ4n) is 8.18. The van der Waals surface area contributed by atoms with E-state index in [9.17, 15) is 4.79 Å². The molecule has 26 heavy (non-hydrogen) atoms. The summed E-state index contributed by atoms with van der Waals surface area (Å²) in [6.07, 6.45) is 17.6. The van der Waals surface area contributed by atoms with Crippen molar-refractivity contribution in [1.29, 1.82) is 0 Å². The third-order valence-corrected chi connectivity index (χ3v) is 9.65. The average molecular weight is 359 g/mol. The molecule has 0 unspecified atom stereocenters. The fourth-order valence-corrected chi connectivity index (χ4v) is 8.18. The summed E-state index contributed by atoms with van der Waals surface area (Å²) in [4.78, 5) is 11.0. The lowest BCUT2D eigenvalue weighted by molar-refractivity contribution is -0.137. The number of carbonyl (C=O) groups is 1. The summed E-state index contributed by atoms with van der Waals surface area (Å²) in [6, 6.07) is 0. The number of hydrogen-bond acceptors (Lipinski definition) is 1. The second-order valence-electron chi connectivity index (χ2n) is 10.7. The minimum atomic E-state index is -0.633. The summed E-state index contributed by atoms with van der Waals surface area (Å²) >= 11 is 0. The molecule has 3 saturated carbocycles. The van der Waals surface area contributed by atoms with Gasteiger partial charge in [0.05, 0.1) is 0 Å². The normalized spacial score (nSPS) is 48.3. The van der Waals surface area contributed by atoms with Gasteiger partial charge in [0.2, 0.25) is 0 Å². The van der Waals surface area contributed by atoms with Crippen molar-refractivity contribution in [2.45, 2.75) is 85.0 Å². The Morgan fingerprint density at radius 1 is 1.04 bits per heavy atom. The second-order valence-corrected chi connectivity index (χ2v) is 10.7. The monoisotopic (exact) mass is 358 g/mol. The highest BCUT2D eigenvalue weighted by atomic mass is 16.4. The summed E-state index contributed by atoms with van der Waals surface area (Å²) in [5, 5.41) is 9.09. The third-order valence-electron chi connectivity index (χ3n) is 9.65. The van der Waals surface area contributed by atoms with E-state index in [2.05, 4.69) is 32.9 Å². The van der Waals surface area contributed by atoms with Crippen LogP contribution < -0.4 is 0 Å². The van der Waals surface area contributed by atoms with Crippen LogP contribution in [0.15, 0.2) is 12.2 Å². The SMILES string of the molecule is C[C@H](CCC(=O)O)[C@H]1CC[C@H]2[C@@H]3C=C[C@H]4CCCC[C@]4(C)[C@H]3CC[C@]12C. The van der Waals surface area contributed by atoms with E-state index in [-0.39, 0.29) is 0 Å². The number of hydrogen-bond donors (Lipinski definition) is 1. The lowest BCUT2D eigenvalue weighted by Crippen LogP contribution is -2.51. The first-order valence-corrected chi connectivity index (χ1v) is 11.3. The largest absolute Gasteiger partial charge is 0.481 e. The van der Waals surface area contributed by atoms with Crippen molar-refractivity contribution in [3.05, 3.63) is 12.2 Å². The molecule has 2 heteroatoms. The number of aliphatic carboxylic acids is 1. The fraction of sp³-hybridized carbons (Fsp3) is 0.875. The van der Waals surface area contributed by atoms with Crippen molar-refractivity contribution in [3.8, 4) is 0 Å². The van der Waals surface area contributed by atoms with Gasteiger partial charge in [-0.1, -0.05) is 45.8 Å². The lowest BCUT2D eigenvalue weighted by atomic mass is 9.46. The van der Waals surface area contributed by atoms with Gasteiger partial charge in [-0.15, -0.1) is 0 Å². The summed E-state index contributed by atoms with van der Waals surface area (Å²) in [6.45, 7) is 7.50. The molecule has 0 radical (unpaired) electrons. The van der Waals surface area contributed by atoms with E-state index in [1.165, 1.54) is 51.4 Å². The van der Waals surface area contributed by atoms with Crippen LogP contribution in [0.1, 0.15) is 85.0 Å². The average Bonchev–Trinajstić information content (AvgIpc) is 2.96. The molecule has 0 amide bonds. The van der Waals surface area contributed by atoms with E-state index in [1.807, 2.05) is 0 Å². The van der Waals surface area contributed by atoms with Crippen LogP contribution in [-0.4, -0.2) is 11.1 Å². The minimum absolute atomic E-state index is 0.337. The van der Waals surface area contributed by atoms with Crippen molar-refractivity contribution in [2.75, 3.05) is 0 Å². The van der Waals surface area contributed by atoms with Gasteiger partial charge in [0.15, 0.2) is 0 Å². The van der Waals surface area contributed by atoms with Crippen LogP contribution in [0.25, 0.3) is 0 Å². The van der Waals surface area contributed by atoms with Crippen LogP contribution in [0.3, 0.4) is 0 Å². The standard InChI is InChI=1S/C24H38O2/c1-16(7-12-22(25)26)19-10-11-20-18-9-8-17-6-4-5-14-23(17,2)21(18)13-15-24(19,20)3/h8-9,16-21H,4-7,10-15H2,1-3H3,(H,25,26)/t16-,17-,18+,19-,20+,21+,23+,24-/m1/s1. The summed E-state index contributed by atoms with van der Waals surface area (Å²) in [7, 11) is 0. The number of carboxylic acids is 1. The van der Waals surface area contributed by atoms with Crippen LogP contribution >= 0.6 is 0 Å². The van der Waals surface area contributed by atoms with E-state index in [0.717, 1.165) is 36.0 Å². The maximum Gasteiger partial charge on any atom is 0.303 e. The van der Waals surface area contributed by atoms with Crippen molar-refractivity contribution in [3.63, 3.8) is 0 Å². The molecule has 0 spiro atoms. The first kappa shape index (κ1) is 18.6. The van der Waals surface area contributed by atoms with Gasteiger partial charge < -0.3 is 5.11 Å². The summed E-state index contributed by atoms with van der Waals surface area (Å²) < 4.78 is 0. The van der Waals surface area contributed by atoms with E-state index in [1.54, 1.807) is 0 Å². The second kappa shape index (κ2) is 6.67. The molecule has 4 aliphatic rings. The first-order valence-electron chi connectivity index (χ1n) is 11.3. The van der Waals surface area contributed by atoms with E-state index in [0.29, 0.717) is 23.2 Å². The van der Waals surface area contributed by atoms with E-state index >= 15 is 0 Å². The molecule has 1 N–H and O–H groups in total. The van der Waals surface area contributed by atoms with Crippen molar-refractivity contribution in [1.82, 2.24) is 0 Å². The zero-order valence-corrected chi connectivity index (χ0v) is 17.0. The van der Waals surface area contributed by atoms with Crippen LogP contribution in [0.5, 0.6) is 0 Å². The molecule has 0 aliphatic heterocycles. The highest BCUT2D eigenvalue weighted by molar-refractivity contribution is 5.66.